The molecule has 0 aromatic carbocycles. The Hall–Kier alpha value is -1.62. The van der Waals surface area contributed by atoms with Crippen molar-refractivity contribution in [1.29, 1.82) is 0 Å². The molecule has 6 heteroatoms. The van der Waals surface area contributed by atoms with E-state index < -0.39 is 5.97 Å². The van der Waals surface area contributed by atoms with Crippen molar-refractivity contribution < 1.29 is 9.53 Å². The van der Waals surface area contributed by atoms with E-state index in [9.17, 15) is 4.79 Å². The van der Waals surface area contributed by atoms with Gasteiger partial charge in [0.05, 0.1) is 6.61 Å². The van der Waals surface area contributed by atoms with Crippen LogP contribution in [0.3, 0.4) is 0 Å². The number of nitrogens with one attached hydrogen (secondary N) is 1. The van der Waals surface area contributed by atoms with Gasteiger partial charge in [-0.25, -0.2) is 14.8 Å². The molecule has 1 N–H and O–H groups in total. The van der Waals surface area contributed by atoms with Crippen LogP contribution in [0.5, 0.6) is 0 Å². The van der Waals surface area contributed by atoms with Crippen LogP contribution in [0.4, 0.5) is 0 Å². The molecule has 0 radical (unpaired) electrons. The first-order valence-electron chi connectivity index (χ1n) is 4.81. The fraction of sp³-hybridized carbons (Fsp3) is 0.300. The lowest BCUT2D eigenvalue weighted by Crippen LogP contribution is -2.04. The predicted molar refractivity (Wildman–Crippen MR) is 59.6 cm³/mol. The van der Waals surface area contributed by atoms with Crippen molar-refractivity contribution in [2.24, 2.45) is 0 Å². The molecule has 0 aliphatic carbocycles. The van der Waals surface area contributed by atoms with Crippen LogP contribution < -0.4 is 0 Å². The van der Waals surface area contributed by atoms with E-state index in [1.54, 1.807) is 13.8 Å². The smallest absolute Gasteiger partial charge is 0.341 e. The molecule has 0 fully saturated rings. The SMILES string of the molecule is CCOC(=O)c1c[nH]c2c(Cl)nc(C)nc12. The summed E-state index contributed by atoms with van der Waals surface area (Å²) in [6.45, 7) is 3.79. The third kappa shape index (κ3) is 1.74. The Labute approximate surface area is 96.8 Å². The molecule has 2 rings (SSSR count). The van der Waals surface area contributed by atoms with Crippen LogP contribution in [0.2, 0.25) is 5.15 Å². The molecule has 2 aromatic rings. The molecule has 5 nitrogen and oxygen atoms in total. The quantitative estimate of drug-likeness (QED) is 0.644. The number of aromatic nitrogens is 3. The van der Waals surface area contributed by atoms with Crippen molar-refractivity contribution in [1.82, 2.24) is 15.0 Å². The first kappa shape index (κ1) is 10.9. The normalized spacial score (nSPS) is 10.7. The molecule has 0 spiro atoms. The Kier molecular flexibility index (Phi) is 2.78. The average molecular weight is 240 g/mol. The number of rotatable bonds is 2. The summed E-state index contributed by atoms with van der Waals surface area (Å²) < 4.78 is 4.91. The Morgan fingerprint density at radius 3 is 3.00 bits per heavy atom. The second-order valence-electron chi connectivity index (χ2n) is 3.21. The van der Waals surface area contributed by atoms with Crippen LogP contribution in [0.1, 0.15) is 23.1 Å². The maximum absolute atomic E-state index is 11.6. The van der Waals surface area contributed by atoms with E-state index >= 15 is 0 Å². The number of fused-ring (bicyclic) bond motifs is 1. The molecule has 0 unspecified atom stereocenters. The maximum atomic E-state index is 11.6. The molecule has 2 aromatic heterocycles. The first-order chi connectivity index (χ1) is 7.63. The third-order valence-electron chi connectivity index (χ3n) is 2.09. The topological polar surface area (TPSA) is 67.9 Å². The summed E-state index contributed by atoms with van der Waals surface area (Å²) in [6.07, 6.45) is 1.53. The predicted octanol–water partition coefficient (Wildman–Crippen LogP) is 2.10. The van der Waals surface area contributed by atoms with Gasteiger partial charge in [0.2, 0.25) is 0 Å². The van der Waals surface area contributed by atoms with Gasteiger partial charge in [0.15, 0.2) is 5.15 Å². The van der Waals surface area contributed by atoms with E-state index in [1.807, 2.05) is 0 Å². The number of hydrogen-bond donors (Lipinski definition) is 1. The van der Waals surface area contributed by atoms with E-state index in [2.05, 4.69) is 15.0 Å². The zero-order valence-corrected chi connectivity index (χ0v) is 9.63. The minimum absolute atomic E-state index is 0.304. The van der Waals surface area contributed by atoms with Crippen molar-refractivity contribution in [2.45, 2.75) is 13.8 Å². The van der Waals surface area contributed by atoms with Crippen molar-refractivity contribution in [3.63, 3.8) is 0 Å². The zero-order valence-electron chi connectivity index (χ0n) is 8.87. The van der Waals surface area contributed by atoms with Crippen molar-refractivity contribution >= 4 is 28.6 Å². The number of carbonyl (C=O) groups is 1. The third-order valence-corrected chi connectivity index (χ3v) is 2.36. The number of aromatic amines is 1. The van der Waals surface area contributed by atoms with Gasteiger partial charge in [-0.05, 0) is 13.8 Å². The highest BCUT2D eigenvalue weighted by molar-refractivity contribution is 6.34. The highest BCUT2D eigenvalue weighted by Gasteiger charge is 2.16. The summed E-state index contributed by atoms with van der Waals surface area (Å²) in [5.41, 5.74) is 1.43. The van der Waals surface area contributed by atoms with Crippen LogP contribution in [-0.4, -0.2) is 27.5 Å². The fourth-order valence-corrected chi connectivity index (χ4v) is 1.70. The molecular formula is C10H10ClN3O2. The number of aryl methyl sites for hydroxylation is 1. The summed E-state index contributed by atoms with van der Waals surface area (Å²) in [5, 5.41) is 0.304. The Bertz CT molecular complexity index is 550. The van der Waals surface area contributed by atoms with Gasteiger partial charge in [-0.15, -0.1) is 0 Å². The van der Waals surface area contributed by atoms with Gasteiger partial charge in [-0.3, -0.25) is 0 Å². The van der Waals surface area contributed by atoms with Gasteiger partial charge in [0.1, 0.15) is 22.4 Å². The van der Waals surface area contributed by atoms with E-state index in [4.69, 9.17) is 16.3 Å². The highest BCUT2D eigenvalue weighted by Crippen LogP contribution is 2.22. The van der Waals surface area contributed by atoms with Gasteiger partial charge < -0.3 is 9.72 Å². The molecule has 0 saturated heterocycles. The molecule has 0 atom stereocenters. The van der Waals surface area contributed by atoms with Gasteiger partial charge in [-0.2, -0.15) is 0 Å². The number of H-pyrrole nitrogens is 1. The molecule has 2 heterocycles. The highest BCUT2D eigenvalue weighted by atomic mass is 35.5. The van der Waals surface area contributed by atoms with E-state index in [0.29, 0.717) is 34.2 Å². The number of hydrogen-bond acceptors (Lipinski definition) is 4. The van der Waals surface area contributed by atoms with Crippen LogP contribution in [-0.2, 0) is 4.74 Å². The van der Waals surface area contributed by atoms with Crippen LogP contribution in [0.25, 0.3) is 11.0 Å². The van der Waals surface area contributed by atoms with E-state index in [0.717, 1.165) is 0 Å². The summed E-state index contributed by atoms with van der Waals surface area (Å²) >= 11 is 5.92. The lowest BCUT2D eigenvalue weighted by atomic mass is 10.3. The maximum Gasteiger partial charge on any atom is 0.341 e. The second kappa shape index (κ2) is 4.09. The lowest BCUT2D eigenvalue weighted by molar-refractivity contribution is 0.0528. The molecule has 0 aliphatic heterocycles. The van der Waals surface area contributed by atoms with Crippen molar-refractivity contribution in [3.8, 4) is 0 Å². The van der Waals surface area contributed by atoms with Gasteiger partial charge in [0.25, 0.3) is 0 Å². The molecule has 0 bridgehead atoms. The molecule has 0 saturated carbocycles. The zero-order chi connectivity index (χ0) is 11.7. The summed E-state index contributed by atoms with van der Waals surface area (Å²) in [7, 11) is 0. The van der Waals surface area contributed by atoms with Crippen LogP contribution >= 0.6 is 11.6 Å². The summed E-state index contributed by atoms with van der Waals surface area (Å²) in [4.78, 5) is 22.6. The van der Waals surface area contributed by atoms with Crippen LogP contribution in [0.15, 0.2) is 6.20 Å². The molecule has 16 heavy (non-hydrogen) atoms. The van der Waals surface area contributed by atoms with Crippen LogP contribution in [0, 0.1) is 6.92 Å². The molecule has 0 amide bonds. The van der Waals surface area contributed by atoms with Crippen molar-refractivity contribution in [3.05, 3.63) is 22.7 Å². The Balaban J connectivity index is 2.60. The van der Waals surface area contributed by atoms with E-state index in [1.165, 1.54) is 6.20 Å². The largest absolute Gasteiger partial charge is 0.462 e. The van der Waals surface area contributed by atoms with E-state index in [-0.39, 0.29) is 0 Å². The number of halogens is 1. The average Bonchev–Trinajstić information content (AvgIpc) is 2.61. The number of esters is 1. The Morgan fingerprint density at radius 1 is 1.56 bits per heavy atom. The fourth-order valence-electron chi connectivity index (χ4n) is 1.44. The standard InChI is InChI=1S/C10H10ClN3O2/c1-3-16-10(15)6-4-12-8-7(6)13-5(2)14-9(8)11/h4,12H,3H2,1-2H3. The minimum atomic E-state index is -0.414. The molecule has 84 valence electrons. The Morgan fingerprint density at radius 2 is 2.31 bits per heavy atom. The first-order valence-corrected chi connectivity index (χ1v) is 5.19. The number of ether oxygens (including phenoxy) is 1. The van der Waals surface area contributed by atoms with Gasteiger partial charge in [0, 0.05) is 6.20 Å². The lowest BCUT2D eigenvalue weighted by Gasteiger charge is -2.00. The molecule has 0 aliphatic rings. The number of nitrogens with zero attached hydrogens (tertiary/aromatic N) is 2. The minimum Gasteiger partial charge on any atom is -0.462 e. The number of carbonyl (C=O) groups excluding carboxylic acids is 1. The summed E-state index contributed by atoms with van der Waals surface area (Å²) in [5.74, 6) is 0.102. The van der Waals surface area contributed by atoms with Crippen molar-refractivity contribution in [2.75, 3.05) is 6.61 Å². The second-order valence-corrected chi connectivity index (χ2v) is 3.57. The monoisotopic (exact) mass is 239 g/mol. The van der Waals surface area contributed by atoms with Gasteiger partial charge in [-0.1, -0.05) is 11.6 Å². The molecular weight excluding hydrogens is 230 g/mol. The summed E-state index contributed by atoms with van der Waals surface area (Å²) in [6, 6.07) is 0. The van der Waals surface area contributed by atoms with Gasteiger partial charge >= 0.3 is 5.97 Å².